The second-order valence-corrected chi connectivity index (χ2v) is 14.3. The molecule has 0 aromatic carbocycles. The van der Waals surface area contributed by atoms with E-state index in [4.69, 9.17) is 0 Å². The second kappa shape index (κ2) is 33.2. The Bertz CT molecular complexity index is 909. The molecule has 2 atom stereocenters. The molecule has 0 aromatic rings. The molecule has 2 unspecified atom stereocenters. The van der Waals surface area contributed by atoms with Crippen molar-refractivity contribution in [1.82, 2.24) is 5.32 Å². The quantitative estimate of drug-likeness (QED) is 0.0368. The Morgan fingerprint density at radius 3 is 1.54 bits per heavy atom. The van der Waals surface area contributed by atoms with Gasteiger partial charge in [0, 0.05) is 6.42 Å². The van der Waals surface area contributed by atoms with Crippen molar-refractivity contribution in [3.05, 3.63) is 48.6 Å². The van der Waals surface area contributed by atoms with Crippen LogP contribution in [-0.2, 0) is 14.9 Å². The van der Waals surface area contributed by atoms with Gasteiger partial charge in [-0.1, -0.05) is 165 Å². The Hall–Kier alpha value is -1.70. The average Bonchev–Trinajstić information content (AvgIpc) is 3.01. The first kappa shape index (κ1) is 44.3. The lowest BCUT2D eigenvalue weighted by Gasteiger charge is -2.23. The summed E-state index contributed by atoms with van der Waals surface area (Å²) < 4.78 is 32.4. The van der Waals surface area contributed by atoms with Gasteiger partial charge in [0.15, 0.2) is 0 Å². The molecule has 0 heterocycles. The molecule has 7 heteroatoms. The molecule has 0 saturated heterocycles. The summed E-state index contributed by atoms with van der Waals surface area (Å²) in [5.41, 5.74) is 0. The molecule has 3 N–H and O–H groups in total. The van der Waals surface area contributed by atoms with Crippen LogP contribution >= 0.6 is 0 Å². The smallest absolute Gasteiger partial charge is 0.266 e. The van der Waals surface area contributed by atoms with Crippen molar-refractivity contribution in [1.29, 1.82) is 0 Å². The number of nitrogens with one attached hydrogen (secondary N) is 1. The Labute approximate surface area is 284 Å². The SMILES string of the molecule is CC/C=C\C/C=C\C/C=C\C/C=C\CCCCCCCCCCC(=O)NC(CS(=O)(=O)O)C(O)CCCCCCCCCCCC. The highest BCUT2D eigenvalue weighted by atomic mass is 32.2. The largest absolute Gasteiger partial charge is 0.391 e. The van der Waals surface area contributed by atoms with Gasteiger partial charge in [0.2, 0.25) is 5.91 Å². The zero-order chi connectivity index (χ0) is 34.0. The van der Waals surface area contributed by atoms with Crippen LogP contribution < -0.4 is 5.32 Å². The van der Waals surface area contributed by atoms with Crippen LogP contribution in [0.25, 0.3) is 0 Å². The van der Waals surface area contributed by atoms with E-state index in [1.54, 1.807) is 0 Å². The molecule has 0 rings (SSSR count). The maximum absolute atomic E-state index is 12.5. The lowest BCUT2D eigenvalue weighted by Crippen LogP contribution is -2.47. The highest BCUT2D eigenvalue weighted by molar-refractivity contribution is 7.85. The van der Waals surface area contributed by atoms with Gasteiger partial charge in [-0.15, -0.1) is 0 Å². The molecule has 0 bridgehead atoms. The normalized spacial score (nSPS) is 13.9. The maximum Gasteiger partial charge on any atom is 0.266 e. The molecule has 0 aromatic heterocycles. The summed E-state index contributed by atoms with van der Waals surface area (Å²) in [5, 5.41) is 13.3. The van der Waals surface area contributed by atoms with E-state index in [0.717, 1.165) is 77.0 Å². The fraction of sp³-hybridized carbons (Fsp3) is 0.769. The lowest BCUT2D eigenvalue weighted by molar-refractivity contribution is -0.122. The molecule has 46 heavy (non-hydrogen) atoms. The van der Waals surface area contributed by atoms with Crippen LogP contribution in [0.3, 0.4) is 0 Å². The van der Waals surface area contributed by atoms with Crippen molar-refractivity contribution >= 4 is 16.0 Å². The molecule has 268 valence electrons. The Kier molecular flexibility index (Phi) is 32.0. The van der Waals surface area contributed by atoms with E-state index >= 15 is 0 Å². The van der Waals surface area contributed by atoms with E-state index < -0.39 is 28.0 Å². The molecule has 0 aliphatic carbocycles. The summed E-state index contributed by atoms with van der Waals surface area (Å²) in [4.78, 5) is 12.5. The van der Waals surface area contributed by atoms with Gasteiger partial charge < -0.3 is 10.4 Å². The van der Waals surface area contributed by atoms with Crippen LogP contribution in [0.4, 0.5) is 0 Å². The van der Waals surface area contributed by atoms with Crippen molar-refractivity contribution in [3.8, 4) is 0 Å². The molecular formula is C39H71NO5S. The summed E-state index contributed by atoms with van der Waals surface area (Å²) in [5.74, 6) is -0.911. The van der Waals surface area contributed by atoms with Gasteiger partial charge >= 0.3 is 0 Å². The van der Waals surface area contributed by atoms with Gasteiger partial charge in [-0.25, -0.2) is 0 Å². The number of carbonyl (C=O) groups excluding carboxylic acids is 1. The maximum atomic E-state index is 12.5. The van der Waals surface area contributed by atoms with E-state index in [2.05, 4.69) is 67.8 Å². The zero-order valence-corrected chi connectivity index (χ0v) is 30.5. The Balaban J connectivity index is 3.88. The lowest BCUT2D eigenvalue weighted by atomic mass is 10.0. The van der Waals surface area contributed by atoms with E-state index in [1.807, 2.05) is 0 Å². The first-order valence-corrected chi connectivity index (χ1v) is 20.4. The first-order chi connectivity index (χ1) is 22.3. The second-order valence-electron chi connectivity index (χ2n) is 12.8. The summed E-state index contributed by atoms with van der Waals surface area (Å²) in [6.07, 6.45) is 43.5. The summed E-state index contributed by atoms with van der Waals surface area (Å²) in [6, 6.07) is -0.974. The zero-order valence-electron chi connectivity index (χ0n) is 29.7. The van der Waals surface area contributed by atoms with Gasteiger partial charge in [-0.2, -0.15) is 8.42 Å². The number of amides is 1. The van der Waals surface area contributed by atoms with E-state index in [-0.39, 0.29) is 5.91 Å². The monoisotopic (exact) mass is 666 g/mol. The third kappa shape index (κ3) is 33.7. The number of unbranched alkanes of at least 4 members (excludes halogenated alkanes) is 17. The van der Waals surface area contributed by atoms with Crippen molar-refractivity contribution in [2.24, 2.45) is 0 Å². The fourth-order valence-electron chi connectivity index (χ4n) is 5.50. The number of rotatable bonds is 33. The fourth-order valence-corrected chi connectivity index (χ4v) is 6.26. The van der Waals surface area contributed by atoms with Crippen LogP contribution in [0.2, 0.25) is 0 Å². The molecule has 0 saturated carbocycles. The van der Waals surface area contributed by atoms with Crippen molar-refractivity contribution in [2.75, 3.05) is 5.75 Å². The minimum absolute atomic E-state index is 0.258. The van der Waals surface area contributed by atoms with Crippen molar-refractivity contribution < 1.29 is 22.9 Å². The molecule has 6 nitrogen and oxygen atoms in total. The van der Waals surface area contributed by atoms with Crippen LogP contribution in [0.15, 0.2) is 48.6 Å². The molecular weight excluding hydrogens is 594 g/mol. The van der Waals surface area contributed by atoms with Crippen LogP contribution in [0.5, 0.6) is 0 Å². The van der Waals surface area contributed by atoms with E-state index in [0.29, 0.717) is 12.8 Å². The summed E-state index contributed by atoms with van der Waals surface area (Å²) >= 11 is 0. The molecule has 0 radical (unpaired) electrons. The molecule has 0 aliphatic rings. The first-order valence-electron chi connectivity index (χ1n) is 18.8. The highest BCUT2D eigenvalue weighted by Gasteiger charge is 2.26. The third-order valence-corrected chi connectivity index (χ3v) is 9.08. The highest BCUT2D eigenvalue weighted by Crippen LogP contribution is 2.15. The Morgan fingerprint density at radius 2 is 1.04 bits per heavy atom. The van der Waals surface area contributed by atoms with Gasteiger partial charge in [0.1, 0.15) is 0 Å². The minimum atomic E-state index is -4.31. The molecule has 0 aliphatic heterocycles. The average molecular weight is 666 g/mol. The standard InChI is InChI=1S/C39H71NO5S/c1-3-5-7-9-11-13-15-16-17-18-19-20-21-22-23-24-25-27-29-31-33-35-39(42)40-37(36-46(43,44)45)38(41)34-32-30-28-26-14-12-10-8-6-4-2/h5,7,11,13,16-17,19-20,37-38,41H,3-4,6,8-10,12,14-15,18,21-36H2,1-2H3,(H,40,42)(H,43,44,45)/b7-5-,13-11-,17-16-,20-19-. The number of allylic oxidation sites excluding steroid dienone is 8. The van der Waals surface area contributed by atoms with Gasteiger partial charge in [-0.05, 0) is 51.4 Å². The number of hydrogen-bond donors (Lipinski definition) is 3. The summed E-state index contributed by atoms with van der Waals surface area (Å²) in [6.45, 7) is 4.37. The predicted molar refractivity (Wildman–Crippen MR) is 198 cm³/mol. The van der Waals surface area contributed by atoms with Crippen LogP contribution in [0, 0.1) is 0 Å². The number of hydrogen-bond acceptors (Lipinski definition) is 4. The van der Waals surface area contributed by atoms with Crippen LogP contribution in [0.1, 0.15) is 174 Å². The van der Waals surface area contributed by atoms with Crippen LogP contribution in [-0.4, -0.2) is 41.9 Å². The topological polar surface area (TPSA) is 104 Å². The third-order valence-electron chi connectivity index (χ3n) is 8.30. The Morgan fingerprint density at radius 1 is 0.609 bits per heavy atom. The molecule has 0 fully saturated rings. The molecule has 0 spiro atoms. The van der Waals surface area contributed by atoms with Crippen molar-refractivity contribution in [3.63, 3.8) is 0 Å². The number of carbonyl (C=O) groups is 1. The van der Waals surface area contributed by atoms with Gasteiger partial charge in [0.25, 0.3) is 10.1 Å². The van der Waals surface area contributed by atoms with E-state index in [9.17, 15) is 22.9 Å². The number of aliphatic hydroxyl groups excluding tert-OH is 1. The minimum Gasteiger partial charge on any atom is -0.391 e. The summed E-state index contributed by atoms with van der Waals surface area (Å²) in [7, 11) is -4.31. The number of aliphatic hydroxyl groups is 1. The van der Waals surface area contributed by atoms with Crippen molar-refractivity contribution in [2.45, 2.75) is 187 Å². The van der Waals surface area contributed by atoms with E-state index in [1.165, 1.54) is 70.6 Å². The molecule has 1 amide bonds. The van der Waals surface area contributed by atoms with Gasteiger partial charge in [-0.3, -0.25) is 9.35 Å². The van der Waals surface area contributed by atoms with Gasteiger partial charge in [0.05, 0.1) is 17.9 Å². The predicted octanol–water partition coefficient (Wildman–Crippen LogP) is 10.7.